The molecule has 0 unspecified atom stereocenters. The molecule has 0 aliphatic heterocycles. The van der Waals surface area contributed by atoms with Gasteiger partial charge >= 0.3 is 5.69 Å². The van der Waals surface area contributed by atoms with Crippen molar-refractivity contribution in [2.45, 2.75) is 6.42 Å². The van der Waals surface area contributed by atoms with Gasteiger partial charge in [0.25, 0.3) is 0 Å². The van der Waals surface area contributed by atoms with Gasteiger partial charge in [-0.2, -0.15) is 0 Å². The van der Waals surface area contributed by atoms with Crippen molar-refractivity contribution in [3.05, 3.63) is 76.4 Å². The van der Waals surface area contributed by atoms with Gasteiger partial charge in [0.2, 0.25) is 0 Å². The van der Waals surface area contributed by atoms with E-state index in [9.17, 15) is 10.1 Å². The maximum Gasteiger partial charge on any atom is 0.305 e. The summed E-state index contributed by atoms with van der Waals surface area (Å²) in [4.78, 5) is 18.2. The van der Waals surface area contributed by atoms with Crippen molar-refractivity contribution >= 4 is 16.5 Å². The monoisotopic (exact) mass is 265 g/mol. The van der Waals surface area contributed by atoms with Gasteiger partial charge in [-0.25, -0.2) is 9.97 Å². The van der Waals surface area contributed by atoms with Crippen LogP contribution in [0.3, 0.4) is 0 Å². The molecule has 3 aromatic rings. The molecule has 0 aliphatic rings. The molecule has 1 aromatic heterocycles. The number of fused-ring (bicyclic) bond motifs is 1. The van der Waals surface area contributed by atoms with Crippen molar-refractivity contribution in [3.63, 3.8) is 0 Å². The second-order valence-electron chi connectivity index (χ2n) is 4.43. The van der Waals surface area contributed by atoms with Crippen molar-refractivity contribution in [1.29, 1.82) is 0 Å². The van der Waals surface area contributed by atoms with Crippen molar-refractivity contribution < 1.29 is 4.92 Å². The van der Waals surface area contributed by atoms with Crippen molar-refractivity contribution in [2.24, 2.45) is 0 Å². The molecule has 0 spiro atoms. The van der Waals surface area contributed by atoms with E-state index in [0.29, 0.717) is 12.2 Å². The highest BCUT2D eigenvalue weighted by Crippen LogP contribution is 2.20. The molecule has 20 heavy (non-hydrogen) atoms. The van der Waals surface area contributed by atoms with Crippen LogP contribution in [0.5, 0.6) is 0 Å². The van der Waals surface area contributed by atoms with E-state index >= 15 is 0 Å². The Balaban J connectivity index is 1.95. The summed E-state index contributed by atoms with van der Waals surface area (Å²) in [6.07, 6.45) is 3.04. The van der Waals surface area contributed by atoms with Crippen LogP contribution in [-0.2, 0) is 6.42 Å². The predicted molar refractivity (Wildman–Crippen MR) is 75.4 cm³/mol. The van der Waals surface area contributed by atoms with E-state index in [1.54, 1.807) is 0 Å². The van der Waals surface area contributed by atoms with Gasteiger partial charge in [-0.1, -0.05) is 42.5 Å². The number of aromatic nitrogens is 2. The van der Waals surface area contributed by atoms with Crippen LogP contribution < -0.4 is 0 Å². The number of hydrogen-bond donors (Lipinski definition) is 0. The molecule has 0 N–H and O–H groups in total. The molecule has 0 bridgehead atoms. The van der Waals surface area contributed by atoms with Crippen LogP contribution in [0.2, 0.25) is 0 Å². The van der Waals surface area contributed by atoms with Crippen molar-refractivity contribution in [1.82, 2.24) is 9.97 Å². The van der Waals surface area contributed by atoms with E-state index in [1.165, 1.54) is 12.4 Å². The Morgan fingerprint density at radius 2 is 1.70 bits per heavy atom. The fourth-order valence-electron chi connectivity index (χ4n) is 2.15. The van der Waals surface area contributed by atoms with E-state index in [-0.39, 0.29) is 5.69 Å². The fourth-order valence-corrected chi connectivity index (χ4v) is 2.15. The van der Waals surface area contributed by atoms with E-state index in [2.05, 4.69) is 28.2 Å². The number of hydrogen-bond acceptors (Lipinski definition) is 4. The normalized spacial score (nSPS) is 10.6. The van der Waals surface area contributed by atoms with Gasteiger partial charge in [-0.3, -0.25) is 10.1 Å². The van der Waals surface area contributed by atoms with Gasteiger partial charge in [0, 0.05) is 6.42 Å². The maximum atomic E-state index is 10.6. The summed E-state index contributed by atoms with van der Waals surface area (Å²) >= 11 is 0. The molecular weight excluding hydrogens is 254 g/mol. The first-order valence-corrected chi connectivity index (χ1v) is 6.16. The van der Waals surface area contributed by atoms with E-state index in [1.807, 2.05) is 24.3 Å². The number of nitro groups is 1. The maximum absolute atomic E-state index is 10.6. The Labute approximate surface area is 115 Å². The predicted octanol–water partition coefficient (Wildman–Crippen LogP) is 3.13. The van der Waals surface area contributed by atoms with Crippen LogP contribution in [0, 0.1) is 10.1 Å². The Kier molecular flexibility index (Phi) is 3.09. The molecule has 0 radical (unpaired) electrons. The summed E-state index contributed by atoms with van der Waals surface area (Å²) in [5, 5.41) is 12.9. The summed E-state index contributed by atoms with van der Waals surface area (Å²) in [6.45, 7) is 0. The first kappa shape index (κ1) is 12.2. The Hall–Kier alpha value is -2.82. The van der Waals surface area contributed by atoms with Gasteiger partial charge in [0.15, 0.2) is 0 Å². The van der Waals surface area contributed by atoms with Crippen molar-refractivity contribution in [3.8, 4) is 0 Å². The van der Waals surface area contributed by atoms with Crippen LogP contribution in [0.4, 0.5) is 5.69 Å². The van der Waals surface area contributed by atoms with E-state index in [4.69, 9.17) is 0 Å². The molecule has 5 heteroatoms. The fraction of sp³-hybridized carbons (Fsp3) is 0.0667. The van der Waals surface area contributed by atoms with Gasteiger partial charge in [-0.15, -0.1) is 0 Å². The molecule has 3 rings (SSSR count). The first-order chi connectivity index (χ1) is 9.74. The third kappa shape index (κ3) is 2.33. The summed E-state index contributed by atoms with van der Waals surface area (Å²) in [5.74, 6) is 0.576. The van der Waals surface area contributed by atoms with Gasteiger partial charge in [-0.05, 0) is 16.3 Å². The lowest BCUT2D eigenvalue weighted by Gasteiger charge is -2.05. The minimum Gasteiger partial charge on any atom is -0.258 e. The average Bonchev–Trinajstić information content (AvgIpc) is 2.48. The number of benzene rings is 2. The minimum atomic E-state index is -0.498. The standard InChI is InChI=1S/C15H11N3O2/c19-18(20)13-9-16-15(17-10-13)8-12-6-3-5-11-4-1-2-7-14(11)12/h1-7,9-10H,8H2. The third-order valence-electron chi connectivity index (χ3n) is 3.13. The highest BCUT2D eigenvalue weighted by Gasteiger charge is 2.08. The SMILES string of the molecule is O=[N+]([O-])c1cnc(Cc2cccc3ccccc23)nc1. The van der Waals surface area contributed by atoms with Crippen LogP contribution in [0.25, 0.3) is 10.8 Å². The second-order valence-corrected chi connectivity index (χ2v) is 4.43. The summed E-state index contributed by atoms with van der Waals surface area (Å²) in [7, 11) is 0. The van der Waals surface area contributed by atoms with E-state index in [0.717, 1.165) is 16.3 Å². The van der Waals surface area contributed by atoms with Gasteiger partial charge in [0.05, 0.1) is 4.92 Å². The number of nitrogens with zero attached hydrogens (tertiary/aromatic N) is 3. The Morgan fingerprint density at radius 3 is 2.45 bits per heavy atom. The van der Waals surface area contributed by atoms with Gasteiger partial charge < -0.3 is 0 Å². The molecule has 1 heterocycles. The lowest BCUT2D eigenvalue weighted by molar-refractivity contribution is -0.385. The Morgan fingerprint density at radius 1 is 1.00 bits per heavy atom. The first-order valence-electron chi connectivity index (χ1n) is 6.16. The van der Waals surface area contributed by atoms with Crippen LogP contribution in [-0.4, -0.2) is 14.9 Å². The molecule has 0 amide bonds. The number of rotatable bonds is 3. The smallest absolute Gasteiger partial charge is 0.258 e. The largest absolute Gasteiger partial charge is 0.305 e. The Bertz CT molecular complexity index is 764. The highest BCUT2D eigenvalue weighted by molar-refractivity contribution is 5.85. The molecule has 0 saturated heterocycles. The average molecular weight is 265 g/mol. The molecule has 0 atom stereocenters. The summed E-state index contributed by atoms with van der Waals surface area (Å²) < 4.78 is 0. The quantitative estimate of drug-likeness (QED) is 0.539. The highest BCUT2D eigenvalue weighted by atomic mass is 16.6. The third-order valence-corrected chi connectivity index (χ3v) is 3.13. The molecule has 0 saturated carbocycles. The molecule has 5 nitrogen and oxygen atoms in total. The van der Waals surface area contributed by atoms with Crippen LogP contribution in [0.1, 0.15) is 11.4 Å². The molecular formula is C15H11N3O2. The molecule has 0 fully saturated rings. The van der Waals surface area contributed by atoms with Crippen LogP contribution in [0.15, 0.2) is 54.9 Å². The second kappa shape index (κ2) is 5.05. The zero-order chi connectivity index (χ0) is 13.9. The molecule has 2 aromatic carbocycles. The topological polar surface area (TPSA) is 68.9 Å². The lowest BCUT2D eigenvalue weighted by atomic mass is 10.0. The van der Waals surface area contributed by atoms with Crippen LogP contribution >= 0.6 is 0 Å². The molecule has 98 valence electrons. The minimum absolute atomic E-state index is 0.0910. The van der Waals surface area contributed by atoms with E-state index < -0.39 is 4.92 Å². The van der Waals surface area contributed by atoms with Crippen molar-refractivity contribution in [2.75, 3.05) is 0 Å². The molecule has 0 aliphatic carbocycles. The summed E-state index contributed by atoms with van der Waals surface area (Å²) in [5.41, 5.74) is 1.02. The van der Waals surface area contributed by atoms with Gasteiger partial charge in [0.1, 0.15) is 18.2 Å². The lowest BCUT2D eigenvalue weighted by Crippen LogP contribution is -1.98. The zero-order valence-electron chi connectivity index (χ0n) is 10.6. The summed E-state index contributed by atoms with van der Waals surface area (Å²) in [6, 6.07) is 14.1. The zero-order valence-corrected chi connectivity index (χ0v) is 10.6.